The highest BCUT2D eigenvalue weighted by molar-refractivity contribution is 7.99. The van der Waals surface area contributed by atoms with Crippen molar-refractivity contribution in [3.8, 4) is 0 Å². The second kappa shape index (κ2) is 9.86. The Kier molecular flexibility index (Phi) is 7.24. The predicted molar refractivity (Wildman–Crippen MR) is 116 cm³/mol. The first-order valence-electron chi connectivity index (χ1n) is 8.77. The molecule has 0 saturated heterocycles. The molecule has 0 spiro atoms. The third-order valence-electron chi connectivity index (χ3n) is 3.77. The number of aromatic nitrogens is 4. The Morgan fingerprint density at radius 2 is 2.00 bits per heavy atom. The summed E-state index contributed by atoms with van der Waals surface area (Å²) in [5.74, 6) is 0.278. The van der Waals surface area contributed by atoms with Crippen molar-refractivity contribution in [1.82, 2.24) is 19.7 Å². The molecule has 0 aliphatic carbocycles. The summed E-state index contributed by atoms with van der Waals surface area (Å²) in [6.07, 6.45) is 0.0528. The van der Waals surface area contributed by atoms with Crippen LogP contribution < -0.4 is 10.6 Å². The van der Waals surface area contributed by atoms with Crippen LogP contribution in [0.2, 0.25) is 5.02 Å². The number of rotatable bonds is 8. The normalized spacial score (nSPS) is 10.7. The molecule has 0 bridgehead atoms. The number of hydrogen-bond donors (Lipinski definition) is 2. The summed E-state index contributed by atoms with van der Waals surface area (Å²) in [4.78, 5) is 28.7. The van der Waals surface area contributed by atoms with E-state index in [1.54, 1.807) is 24.3 Å². The van der Waals surface area contributed by atoms with E-state index in [0.29, 0.717) is 33.4 Å². The summed E-state index contributed by atoms with van der Waals surface area (Å²) in [6, 6.07) is 7.02. The number of anilines is 2. The van der Waals surface area contributed by atoms with Gasteiger partial charge in [0.05, 0.1) is 28.6 Å². The van der Waals surface area contributed by atoms with E-state index in [2.05, 4.69) is 25.8 Å². The van der Waals surface area contributed by atoms with Crippen LogP contribution in [0.25, 0.3) is 0 Å². The van der Waals surface area contributed by atoms with Crippen LogP contribution in [0.4, 0.5) is 10.8 Å². The first-order valence-corrected chi connectivity index (χ1v) is 11.0. The molecule has 152 valence electrons. The molecular weight excluding hydrogens is 432 g/mol. The molecule has 0 fully saturated rings. The summed E-state index contributed by atoms with van der Waals surface area (Å²) >= 11 is 8.71. The van der Waals surface area contributed by atoms with Crippen LogP contribution in [0.15, 0.2) is 34.8 Å². The number of hydrogen-bond acceptors (Lipinski definition) is 7. The van der Waals surface area contributed by atoms with Gasteiger partial charge in [0.15, 0.2) is 10.3 Å². The SMILES string of the molecule is CCn1c(CC(=O)Nc2ccccc2Cl)nnc1SCC(=O)Nc1nc(C)cs1. The van der Waals surface area contributed by atoms with Crippen LogP contribution in [0.3, 0.4) is 0 Å². The van der Waals surface area contributed by atoms with Gasteiger partial charge in [-0.05, 0) is 26.0 Å². The maximum Gasteiger partial charge on any atom is 0.236 e. The largest absolute Gasteiger partial charge is 0.324 e. The molecular formula is C18H19ClN6O2S2. The van der Waals surface area contributed by atoms with Crippen molar-refractivity contribution in [3.05, 3.63) is 46.2 Å². The summed E-state index contributed by atoms with van der Waals surface area (Å²) in [6.45, 7) is 4.38. The van der Waals surface area contributed by atoms with E-state index in [1.165, 1.54) is 23.1 Å². The molecule has 3 rings (SSSR count). The highest BCUT2D eigenvalue weighted by Gasteiger charge is 2.17. The fraction of sp³-hybridized carbons (Fsp3) is 0.278. The number of halogens is 1. The second-order valence-electron chi connectivity index (χ2n) is 5.98. The Labute approximate surface area is 181 Å². The molecule has 0 radical (unpaired) electrons. The molecule has 2 N–H and O–H groups in total. The third kappa shape index (κ3) is 5.78. The zero-order valence-electron chi connectivity index (χ0n) is 15.8. The van der Waals surface area contributed by atoms with Gasteiger partial charge in [0.1, 0.15) is 5.82 Å². The van der Waals surface area contributed by atoms with E-state index in [1.807, 2.05) is 23.8 Å². The van der Waals surface area contributed by atoms with Gasteiger partial charge in [-0.3, -0.25) is 9.59 Å². The van der Waals surface area contributed by atoms with Crippen molar-refractivity contribution in [2.45, 2.75) is 32.0 Å². The fourth-order valence-electron chi connectivity index (χ4n) is 2.47. The number of amides is 2. The number of benzene rings is 1. The van der Waals surface area contributed by atoms with Gasteiger partial charge in [0.25, 0.3) is 0 Å². The van der Waals surface area contributed by atoms with Gasteiger partial charge >= 0.3 is 0 Å². The third-order valence-corrected chi connectivity index (χ3v) is 5.95. The van der Waals surface area contributed by atoms with Gasteiger partial charge in [-0.2, -0.15) is 0 Å². The molecule has 1 aromatic carbocycles. The minimum atomic E-state index is -0.242. The van der Waals surface area contributed by atoms with Crippen LogP contribution in [-0.2, 0) is 22.6 Å². The lowest BCUT2D eigenvalue weighted by molar-refractivity contribution is -0.116. The molecule has 0 unspecified atom stereocenters. The van der Waals surface area contributed by atoms with Gasteiger partial charge in [-0.1, -0.05) is 35.5 Å². The minimum absolute atomic E-state index is 0.0528. The second-order valence-corrected chi connectivity index (χ2v) is 8.19. The number of aryl methyl sites for hydroxylation is 1. The number of nitrogens with zero attached hydrogens (tertiary/aromatic N) is 4. The highest BCUT2D eigenvalue weighted by atomic mass is 35.5. The summed E-state index contributed by atoms with van der Waals surface area (Å²) in [7, 11) is 0. The Hall–Kier alpha value is -2.43. The van der Waals surface area contributed by atoms with Crippen molar-refractivity contribution in [2.24, 2.45) is 0 Å². The van der Waals surface area contributed by atoms with Crippen molar-refractivity contribution in [3.63, 3.8) is 0 Å². The van der Waals surface area contributed by atoms with E-state index in [4.69, 9.17) is 11.6 Å². The quantitative estimate of drug-likeness (QED) is 0.508. The van der Waals surface area contributed by atoms with Crippen molar-refractivity contribution >= 4 is 57.3 Å². The van der Waals surface area contributed by atoms with E-state index >= 15 is 0 Å². The number of carbonyl (C=O) groups is 2. The molecule has 2 aromatic heterocycles. The lowest BCUT2D eigenvalue weighted by Gasteiger charge is -2.09. The first-order chi connectivity index (χ1) is 14.0. The number of thioether (sulfide) groups is 1. The molecule has 11 heteroatoms. The van der Waals surface area contributed by atoms with Crippen LogP contribution in [0.5, 0.6) is 0 Å². The highest BCUT2D eigenvalue weighted by Crippen LogP contribution is 2.22. The summed E-state index contributed by atoms with van der Waals surface area (Å²) < 4.78 is 1.82. The predicted octanol–water partition coefficient (Wildman–Crippen LogP) is 3.63. The number of nitrogens with one attached hydrogen (secondary N) is 2. The topological polar surface area (TPSA) is 102 Å². The zero-order valence-corrected chi connectivity index (χ0v) is 18.2. The number of thiazole rings is 1. The van der Waals surface area contributed by atoms with E-state index < -0.39 is 0 Å². The molecule has 2 amide bonds. The molecule has 0 saturated carbocycles. The molecule has 0 aliphatic heterocycles. The molecule has 0 aliphatic rings. The van der Waals surface area contributed by atoms with Gasteiger partial charge in [0.2, 0.25) is 11.8 Å². The average Bonchev–Trinajstić information content (AvgIpc) is 3.27. The Bertz CT molecular complexity index is 1020. The fourth-order valence-corrected chi connectivity index (χ4v) is 4.18. The van der Waals surface area contributed by atoms with Crippen molar-refractivity contribution < 1.29 is 9.59 Å². The first kappa shape index (κ1) is 21.3. The van der Waals surface area contributed by atoms with Gasteiger partial charge in [0, 0.05) is 11.9 Å². The lowest BCUT2D eigenvalue weighted by atomic mass is 10.3. The zero-order chi connectivity index (χ0) is 20.8. The number of carbonyl (C=O) groups excluding carboxylic acids is 2. The molecule has 3 aromatic rings. The lowest BCUT2D eigenvalue weighted by Crippen LogP contribution is -2.18. The maximum absolute atomic E-state index is 12.4. The molecule has 0 atom stereocenters. The average molecular weight is 451 g/mol. The van der Waals surface area contributed by atoms with E-state index in [9.17, 15) is 9.59 Å². The Balaban J connectivity index is 1.58. The smallest absolute Gasteiger partial charge is 0.236 e. The van der Waals surface area contributed by atoms with Crippen LogP contribution in [0.1, 0.15) is 18.4 Å². The van der Waals surface area contributed by atoms with Crippen LogP contribution >= 0.6 is 34.7 Å². The molecule has 29 heavy (non-hydrogen) atoms. The Morgan fingerprint density at radius 1 is 1.21 bits per heavy atom. The van der Waals surface area contributed by atoms with Crippen molar-refractivity contribution in [2.75, 3.05) is 16.4 Å². The molecule has 8 nitrogen and oxygen atoms in total. The molecule has 2 heterocycles. The monoisotopic (exact) mass is 450 g/mol. The van der Waals surface area contributed by atoms with Crippen molar-refractivity contribution in [1.29, 1.82) is 0 Å². The van der Waals surface area contributed by atoms with Crippen LogP contribution in [0, 0.1) is 6.92 Å². The van der Waals surface area contributed by atoms with Gasteiger partial charge in [-0.15, -0.1) is 21.5 Å². The number of para-hydroxylation sites is 1. The van der Waals surface area contributed by atoms with Gasteiger partial charge < -0.3 is 15.2 Å². The Morgan fingerprint density at radius 3 is 2.69 bits per heavy atom. The van der Waals surface area contributed by atoms with E-state index in [0.717, 1.165) is 5.69 Å². The summed E-state index contributed by atoms with van der Waals surface area (Å²) in [5, 5.41) is 17.3. The van der Waals surface area contributed by atoms with E-state index in [-0.39, 0.29) is 24.0 Å². The minimum Gasteiger partial charge on any atom is -0.324 e. The van der Waals surface area contributed by atoms with Gasteiger partial charge in [-0.25, -0.2) is 4.98 Å². The standard InChI is InChI=1S/C18H19ClN6O2S2/c1-3-25-14(8-15(26)21-13-7-5-4-6-12(13)19)23-24-18(25)29-10-16(27)22-17-20-11(2)9-28-17/h4-7,9H,3,8,10H2,1-2H3,(H,21,26)(H,20,22,27). The maximum atomic E-state index is 12.4. The van der Waals surface area contributed by atoms with Crippen LogP contribution in [-0.4, -0.2) is 37.3 Å². The summed E-state index contributed by atoms with van der Waals surface area (Å²) in [5.41, 5.74) is 1.41.